The van der Waals surface area contributed by atoms with Gasteiger partial charge in [-0.3, -0.25) is 9.05 Å². The Morgan fingerprint density at radius 3 is 2.11 bits per heavy atom. The number of hydrogen-bond acceptors (Lipinski definition) is 8. The lowest BCUT2D eigenvalue weighted by atomic mass is 9.99. The van der Waals surface area contributed by atoms with E-state index < -0.39 is 38.5 Å². The van der Waals surface area contributed by atoms with Crippen LogP contribution in [-0.2, 0) is 23.1 Å². The van der Waals surface area contributed by atoms with Gasteiger partial charge in [-0.1, -0.05) is 95.8 Å². The molecule has 0 aliphatic carbocycles. The summed E-state index contributed by atoms with van der Waals surface area (Å²) in [5.74, 6) is 0.324. The lowest BCUT2D eigenvalue weighted by Gasteiger charge is -2.45. The van der Waals surface area contributed by atoms with E-state index in [1.807, 2.05) is 0 Å². The standard InChI is InChI=1S/C26H43O8P/c1-2-3-4-5-6-7-8-9-10-11-12-16-19-30-26-24(28)23(27)25-22(32-26)20-31-35(29,34-25)33-21-17-14-13-15-18-21/h13-15,17-18,22-28H,2-12,16,19-20H2,1H3/t22-,23-,24-,25-,26+,35-/m1/s1. The number of hydrogen-bond donors (Lipinski definition) is 2. The van der Waals surface area contributed by atoms with E-state index in [-0.39, 0.29) is 6.61 Å². The summed E-state index contributed by atoms with van der Waals surface area (Å²) in [4.78, 5) is 0. The third kappa shape index (κ3) is 9.43. The Morgan fingerprint density at radius 1 is 0.886 bits per heavy atom. The van der Waals surface area contributed by atoms with Gasteiger partial charge in [0.15, 0.2) is 6.29 Å². The molecule has 2 fully saturated rings. The van der Waals surface area contributed by atoms with Crippen molar-refractivity contribution in [3.63, 3.8) is 0 Å². The number of para-hydroxylation sites is 1. The van der Waals surface area contributed by atoms with Gasteiger partial charge in [-0.05, 0) is 18.6 Å². The number of aliphatic hydroxyl groups excluding tert-OH is 2. The Morgan fingerprint density at radius 2 is 1.49 bits per heavy atom. The average molecular weight is 515 g/mol. The van der Waals surface area contributed by atoms with Crippen LogP contribution >= 0.6 is 7.82 Å². The Kier molecular flexibility index (Phi) is 12.5. The van der Waals surface area contributed by atoms with E-state index in [4.69, 9.17) is 23.0 Å². The smallest absolute Gasteiger partial charge is 0.404 e. The van der Waals surface area contributed by atoms with Crippen molar-refractivity contribution in [2.75, 3.05) is 13.2 Å². The Bertz CT molecular complexity index is 746. The Labute approximate surface area is 209 Å². The second kappa shape index (κ2) is 15.3. The van der Waals surface area contributed by atoms with Gasteiger partial charge in [0.05, 0.1) is 6.61 Å². The normalized spacial score (nSPS) is 30.7. The number of benzene rings is 1. The van der Waals surface area contributed by atoms with Crippen LogP contribution in [0.4, 0.5) is 0 Å². The zero-order valence-corrected chi connectivity index (χ0v) is 21.9. The molecule has 0 unspecified atom stereocenters. The van der Waals surface area contributed by atoms with Crippen LogP contribution in [0.2, 0.25) is 0 Å². The summed E-state index contributed by atoms with van der Waals surface area (Å²) in [5, 5.41) is 21.1. The minimum atomic E-state index is -3.95. The molecule has 2 N–H and O–H groups in total. The molecule has 35 heavy (non-hydrogen) atoms. The van der Waals surface area contributed by atoms with Crippen LogP contribution < -0.4 is 4.52 Å². The van der Waals surface area contributed by atoms with E-state index in [9.17, 15) is 14.8 Å². The van der Waals surface area contributed by atoms with Gasteiger partial charge in [0.25, 0.3) is 0 Å². The van der Waals surface area contributed by atoms with E-state index in [0.717, 1.165) is 12.8 Å². The topological polar surface area (TPSA) is 104 Å². The fourth-order valence-electron chi connectivity index (χ4n) is 4.45. The summed E-state index contributed by atoms with van der Waals surface area (Å²) in [6.07, 6.45) is 9.62. The van der Waals surface area contributed by atoms with E-state index in [2.05, 4.69) is 6.92 Å². The molecule has 0 spiro atoms. The van der Waals surface area contributed by atoms with Gasteiger partial charge in [-0.2, -0.15) is 0 Å². The number of aliphatic hydroxyl groups is 2. The van der Waals surface area contributed by atoms with Crippen LogP contribution in [0.5, 0.6) is 5.75 Å². The maximum absolute atomic E-state index is 12.9. The maximum atomic E-state index is 12.9. The largest absolute Gasteiger partial charge is 0.530 e. The van der Waals surface area contributed by atoms with Gasteiger partial charge in [-0.25, -0.2) is 4.57 Å². The van der Waals surface area contributed by atoms with E-state index >= 15 is 0 Å². The van der Waals surface area contributed by atoms with Gasteiger partial charge >= 0.3 is 7.82 Å². The molecule has 0 amide bonds. The van der Waals surface area contributed by atoms with Gasteiger partial charge in [0.2, 0.25) is 0 Å². The summed E-state index contributed by atoms with van der Waals surface area (Å²) in [6, 6.07) is 8.51. The van der Waals surface area contributed by atoms with Crippen molar-refractivity contribution < 1.29 is 37.8 Å². The molecule has 0 aromatic heterocycles. The molecule has 0 radical (unpaired) electrons. The molecule has 2 aliphatic heterocycles. The van der Waals surface area contributed by atoms with E-state index in [1.54, 1.807) is 30.3 Å². The average Bonchev–Trinajstić information content (AvgIpc) is 2.86. The number of rotatable bonds is 16. The van der Waals surface area contributed by atoms with Crippen LogP contribution in [-0.4, -0.2) is 54.1 Å². The zero-order chi connectivity index (χ0) is 24.9. The van der Waals surface area contributed by atoms with Crippen LogP contribution in [0, 0.1) is 0 Å². The summed E-state index contributed by atoms with van der Waals surface area (Å²) < 4.78 is 40.5. The maximum Gasteiger partial charge on any atom is 0.530 e. The number of phosphoric acid groups is 1. The summed E-state index contributed by atoms with van der Waals surface area (Å²) in [6.45, 7) is 2.58. The van der Waals surface area contributed by atoms with Crippen molar-refractivity contribution in [3.05, 3.63) is 30.3 Å². The first-order valence-corrected chi connectivity index (χ1v) is 14.8. The van der Waals surface area contributed by atoms with Crippen molar-refractivity contribution >= 4 is 7.82 Å². The highest BCUT2D eigenvalue weighted by Crippen LogP contribution is 2.55. The molecule has 2 aliphatic rings. The molecular weight excluding hydrogens is 471 g/mol. The lowest BCUT2D eigenvalue weighted by molar-refractivity contribution is -0.304. The third-order valence-corrected chi connectivity index (χ3v) is 7.93. The molecule has 0 saturated carbocycles. The molecule has 200 valence electrons. The second-order valence-corrected chi connectivity index (χ2v) is 11.0. The number of ether oxygens (including phenoxy) is 2. The molecule has 8 nitrogen and oxygen atoms in total. The van der Waals surface area contributed by atoms with Crippen LogP contribution in [0.1, 0.15) is 84.0 Å². The predicted octanol–water partition coefficient (Wildman–Crippen LogP) is 5.75. The van der Waals surface area contributed by atoms with Crippen LogP contribution in [0.3, 0.4) is 0 Å². The minimum absolute atomic E-state index is 0.100. The number of unbranched alkanes of at least 4 members (excludes halogenated alkanes) is 11. The molecule has 2 heterocycles. The Balaban J connectivity index is 1.28. The first kappa shape index (κ1) is 28.6. The molecule has 1 aromatic carbocycles. The summed E-state index contributed by atoms with van der Waals surface area (Å²) in [5.41, 5.74) is 0. The zero-order valence-electron chi connectivity index (χ0n) is 21.0. The molecule has 1 aromatic rings. The van der Waals surface area contributed by atoms with Crippen molar-refractivity contribution in [1.82, 2.24) is 0 Å². The summed E-state index contributed by atoms with van der Waals surface area (Å²) in [7, 11) is -3.95. The molecule has 9 heteroatoms. The second-order valence-electron chi connectivity index (χ2n) is 9.50. The highest BCUT2D eigenvalue weighted by molar-refractivity contribution is 7.49. The fraction of sp³-hybridized carbons (Fsp3) is 0.769. The van der Waals surface area contributed by atoms with Gasteiger partial charge in [0, 0.05) is 6.61 Å². The van der Waals surface area contributed by atoms with Gasteiger partial charge in [0.1, 0.15) is 30.2 Å². The number of phosphoric ester groups is 1. The minimum Gasteiger partial charge on any atom is -0.404 e. The summed E-state index contributed by atoms with van der Waals surface area (Å²) >= 11 is 0. The first-order valence-electron chi connectivity index (χ1n) is 13.3. The van der Waals surface area contributed by atoms with Gasteiger partial charge in [-0.15, -0.1) is 0 Å². The predicted molar refractivity (Wildman–Crippen MR) is 133 cm³/mol. The van der Waals surface area contributed by atoms with Gasteiger partial charge < -0.3 is 24.2 Å². The van der Waals surface area contributed by atoms with E-state index in [1.165, 1.54) is 64.2 Å². The quantitative estimate of drug-likeness (QED) is 0.212. The Hall–Kier alpha value is -0.990. The van der Waals surface area contributed by atoms with Crippen molar-refractivity contribution in [3.8, 4) is 5.75 Å². The highest BCUT2D eigenvalue weighted by atomic mass is 31.2. The van der Waals surface area contributed by atoms with Crippen LogP contribution in [0.15, 0.2) is 30.3 Å². The first-order chi connectivity index (χ1) is 17.0. The van der Waals surface area contributed by atoms with Crippen molar-refractivity contribution in [2.45, 2.75) is 115 Å². The molecule has 0 bridgehead atoms. The lowest BCUT2D eigenvalue weighted by Crippen LogP contribution is -2.61. The van der Waals surface area contributed by atoms with Crippen molar-refractivity contribution in [1.29, 1.82) is 0 Å². The highest BCUT2D eigenvalue weighted by Gasteiger charge is 2.53. The molecule has 3 rings (SSSR count). The molecule has 2 saturated heterocycles. The van der Waals surface area contributed by atoms with Crippen LogP contribution in [0.25, 0.3) is 0 Å². The number of fused-ring (bicyclic) bond motifs is 1. The third-order valence-electron chi connectivity index (χ3n) is 6.53. The fourth-order valence-corrected chi connectivity index (χ4v) is 5.88. The monoisotopic (exact) mass is 514 g/mol. The van der Waals surface area contributed by atoms with Crippen molar-refractivity contribution in [2.24, 2.45) is 0 Å². The molecule has 6 atom stereocenters. The van der Waals surface area contributed by atoms with E-state index in [0.29, 0.717) is 12.4 Å². The molecular formula is C26H43O8P. The SMILES string of the molecule is CCCCCCCCCCCCCCO[C@H]1O[C@@H]2CO[P@](=O)(Oc3ccccc3)O[C@H]2[C@H](O)[C@H]1O.